The van der Waals surface area contributed by atoms with Crippen LogP contribution in [0.25, 0.3) is 0 Å². The monoisotopic (exact) mass is 300 g/mol. The molecule has 0 aromatic heterocycles. The zero-order chi connectivity index (χ0) is 12.7. The van der Waals surface area contributed by atoms with Crippen LogP contribution < -0.4 is 11.1 Å². The first-order valence-electron chi connectivity index (χ1n) is 5.96. The van der Waals surface area contributed by atoms with Gasteiger partial charge in [-0.05, 0) is 46.5 Å². The van der Waals surface area contributed by atoms with Crippen LogP contribution in [0.3, 0.4) is 0 Å². The highest BCUT2D eigenvalue weighted by Gasteiger charge is 1.99. The van der Waals surface area contributed by atoms with Crippen molar-refractivity contribution >= 4 is 27.3 Å². The van der Waals surface area contributed by atoms with E-state index in [4.69, 9.17) is 10.5 Å². The smallest absolute Gasteiger partial charge is 0.0489 e. The summed E-state index contributed by atoms with van der Waals surface area (Å²) in [5.41, 5.74) is 7.51. The van der Waals surface area contributed by atoms with E-state index >= 15 is 0 Å². The van der Waals surface area contributed by atoms with E-state index in [1.54, 1.807) is 0 Å². The van der Waals surface area contributed by atoms with Crippen LogP contribution in [0.4, 0.5) is 11.4 Å². The topological polar surface area (TPSA) is 47.3 Å². The average Bonchev–Trinajstić information content (AvgIpc) is 2.25. The SMILES string of the molecule is CC(C)COCCCNc1ccc(N)cc1Br. The van der Waals surface area contributed by atoms with E-state index in [1.165, 1.54) is 0 Å². The molecule has 1 aromatic carbocycles. The molecule has 0 atom stereocenters. The van der Waals surface area contributed by atoms with Crippen molar-refractivity contribution in [3.05, 3.63) is 22.7 Å². The predicted octanol–water partition coefficient (Wildman–Crippen LogP) is 3.51. The lowest BCUT2D eigenvalue weighted by Gasteiger charge is -2.10. The van der Waals surface area contributed by atoms with Crippen LogP contribution in [0.15, 0.2) is 22.7 Å². The number of ether oxygens (including phenoxy) is 1. The molecule has 0 aliphatic heterocycles. The summed E-state index contributed by atoms with van der Waals surface area (Å²) in [6.07, 6.45) is 1.00. The number of benzene rings is 1. The Kier molecular flexibility index (Phi) is 6.37. The van der Waals surface area contributed by atoms with Gasteiger partial charge in [-0.1, -0.05) is 13.8 Å². The van der Waals surface area contributed by atoms with Gasteiger partial charge in [0.05, 0.1) is 0 Å². The minimum absolute atomic E-state index is 0.606. The van der Waals surface area contributed by atoms with Crippen LogP contribution in [0, 0.1) is 5.92 Å². The van der Waals surface area contributed by atoms with Crippen molar-refractivity contribution in [3.63, 3.8) is 0 Å². The average molecular weight is 301 g/mol. The summed E-state index contributed by atoms with van der Waals surface area (Å²) in [5.74, 6) is 0.606. The summed E-state index contributed by atoms with van der Waals surface area (Å²) in [4.78, 5) is 0. The molecule has 1 aromatic rings. The van der Waals surface area contributed by atoms with Crippen molar-refractivity contribution in [1.82, 2.24) is 0 Å². The first-order valence-corrected chi connectivity index (χ1v) is 6.75. The molecule has 0 amide bonds. The maximum atomic E-state index is 5.67. The van der Waals surface area contributed by atoms with Gasteiger partial charge in [0.25, 0.3) is 0 Å². The largest absolute Gasteiger partial charge is 0.399 e. The Bertz CT molecular complexity index is 342. The highest BCUT2D eigenvalue weighted by molar-refractivity contribution is 9.10. The van der Waals surface area contributed by atoms with Crippen LogP contribution in [0.5, 0.6) is 0 Å². The lowest BCUT2D eigenvalue weighted by Crippen LogP contribution is -2.08. The van der Waals surface area contributed by atoms with Crippen molar-refractivity contribution in [2.75, 3.05) is 30.8 Å². The zero-order valence-corrected chi connectivity index (χ0v) is 12.1. The Labute approximate surface area is 112 Å². The third-order valence-electron chi connectivity index (χ3n) is 2.23. The fourth-order valence-corrected chi connectivity index (χ4v) is 1.93. The quantitative estimate of drug-likeness (QED) is 0.598. The van der Waals surface area contributed by atoms with Crippen LogP contribution in [-0.4, -0.2) is 19.8 Å². The summed E-state index contributed by atoms with van der Waals surface area (Å²) in [6.45, 7) is 6.86. The van der Waals surface area contributed by atoms with Crippen molar-refractivity contribution < 1.29 is 4.74 Å². The number of anilines is 2. The van der Waals surface area contributed by atoms with Crippen LogP contribution in [0.1, 0.15) is 20.3 Å². The van der Waals surface area contributed by atoms with Gasteiger partial charge >= 0.3 is 0 Å². The molecule has 0 unspecified atom stereocenters. The Balaban J connectivity index is 2.18. The van der Waals surface area contributed by atoms with Gasteiger partial charge in [0, 0.05) is 35.6 Å². The molecule has 0 aliphatic rings. The third-order valence-corrected chi connectivity index (χ3v) is 2.88. The fourth-order valence-electron chi connectivity index (χ4n) is 1.39. The van der Waals surface area contributed by atoms with Crippen LogP contribution in [0.2, 0.25) is 0 Å². The molecule has 0 spiro atoms. The summed E-state index contributed by atoms with van der Waals surface area (Å²) in [5, 5.41) is 3.35. The molecule has 1 rings (SSSR count). The van der Waals surface area contributed by atoms with E-state index in [0.717, 1.165) is 42.0 Å². The fraction of sp³-hybridized carbons (Fsp3) is 0.538. The molecule has 0 saturated carbocycles. The lowest BCUT2D eigenvalue weighted by atomic mass is 10.2. The van der Waals surface area contributed by atoms with E-state index in [1.807, 2.05) is 18.2 Å². The summed E-state index contributed by atoms with van der Waals surface area (Å²) in [7, 11) is 0. The first kappa shape index (κ1) is 14.3. The minimum atomic E-state index is 0.606. The maximum absolute atomic E-state index is 5.67. The van der Waals surface area contributed by atoms with Gasteiger partial charge in [-0.3, -0.25) is 0 Å². The molecular formula is C13H21BrN2O. The van der Waals surface area contributed by atoms with Crippen molar-refractivity contribution in [2.24, 2.45) is 5.92 Å². The number of nitrogens with two attached hydrogens (primary N) is 1. The van der Waals surface area contributed by atoms with E-state index in [9.17, 15) is 0 Å². The van der Waals surface area contributed by atoms with Crippen LogP contribution >= 0.6 is 15.9 Å². The van der Waals surface area contributed by atoms with Crippen molar-refractivity contribution in [2.45, 2.75) is 20.3 Å². The van der Waals surface area contributed by atoms with Gasteiger partial charge in [-0.15, -0.1) is 0 Å². The highest BCUT2D eigenvalue weighted by atomic mass is 79.9. The minimum Gasteiger partial charge on any atom is -0.399 e. The molecule has 3 nitrogen and oxygen atoms in total. The molecule has 0 saturated heterocycles. The maximum Gasteiger partial charge on any atom is 0.0489 e. The van der Waals surface area contributed by atoms with Gasteiger partial charge in [0.2, 0.25) is 0 Å². The molecule has 17 heavy (non-hydrogen) atoms. The number of nitrogens with one attached hydrogen (secondary N) is 1. The normalized spacial score (nSPS) is 10.8. The lowest BCUT2D eigenvalue weighted by molar-refractivity contribution is 0.110. The molecule has 0 fully saturated rings. The summed E-state index contributed by atoms with van der Waals surface area (Å²) >= 11 is 3.48. The number of halogens is 1. The Morgan fingerprint density at radius 2 is 2.18 bits per heavy atom. The van der Waals surface area contributed by atoms with E-state index in [-0.39, 0.29) is 0 Å². The molecular weight excluding hydrogens is 280 g/mol. The molecule has 0 radical (unpaired) electrons. The Morgan fingerprint density at radius 3 is 2.82 bits per heavy atom. The second-order valence-corrected chi connectivity index (χ2v) is 5.34. The molecule has 3 N–H and O–H groups in total. The highest BCUT2D eigenvalue weighted by Crippen LogP contribution is 2.24. The standard InChI is InChI=1S/C13H21BrN2O/c1-10(2)9-17-7-3-6-16-13-5-4-11(15)8-12(13)14/h4-5,8,10,16H,3,6-7,9,15H2,1-2H3. The predicted molar refractivity (Wildman–Crippen MR) is 77.3 cm³/mol. The van der Waals surface area contributed by atoms with Gasteiger partial charge in [0.15, 0.2) is 0 Å². The molecule has 0 aliphatic carbocycles. The van der Waals surface area contributed by atoms with E-state index in [0.29, 0.717) is 5.92 Å². The Morgan fingerprint density at radius 1 is 1.41 bits per heavy atom. The number of hydrogen-bond acceptors (Lipinski definition) is 3. The first-order chi connectivity index (χ1) is 8.09. The molecule has 96 valence electrons. The van der Waals surface area contributed by atoms with Crippen molar-refractivity contribution in [1.29, 1.82) is 0 Å². The second kappa shape index (κ2) is 7.56. The number of hydrogen-bond donors (Lipinski definition) is 2. The number of nitrogen functional groups attached to an aromatic ring is 1. The van der Waals surface area contributed by atoms with Crippen LogP contribution in [-0.2, 0) is 4.74 Å². The Hall–Kier alpha value is -0.740. The second-order valence-electron chi connectivity index (χ2n) is 4.49. The van der Waals surface area contributed by atoms with Gasteiger partial charge in [0.1, 0.15) is 0 Å². The van der Waals surface area contributed by atoms with Gasteiger partial charge < -0.3 is 15.8 Å². The number of rotatable bonds is 7. The molecule has 0 bridgehead atoms. The van der Waals surface area contributed by atoms with Gasteiger partial charge in [-0.25, -0.2) is 0 Å². The molecule has 4 heteroatoms. The molecule has 0 heterocycles. The van der Waals surface area contributed by atoms with E-state index < -0.39 is 0 Å². The van der Waals surface area contributed by atoms with E-state index in [2.05, 4.69) is 35.1 Å². The van der Waals surface area contributed by atoms with Crippen molar-refractivity contribution in [3.8, 4) is 0 Å². The van der Waals surface area contributed by atoms with Gasteiger partial charge in [-0.2, -0.15) is 0 Å². The summed E-state index contributed by atoms with van der Waals surface area (Å²) in [6, 6.07) is 5.77. The zero-order valence-electron chi connectivity index (χ0n) is 10.5. The third kappa shape index (κ3) is 5.94. The summed E-state index contributed by atoms with van der Waals surface area (Å²) < 4.78 is 6.51.